The van der Waals surface area contributed by atoms with E-state index in [9.17, 15) is 20.0 Å². The highest BCUT2D eigenvalue weighted by Gasteiger charge is 2.25. The molecule has 108 valence electrons. The summed E-state index contributed by atoms with van der Waals surface area (Å²) in [6.45, 7) is 2.62. The number of hydrogen-bond acceptors (Lipinski definition) is 5. The number of benzene rings is 1. The van der Waals surface area contributed by atoms with Gasteiger partial charge in [-0.05, 0) is 12.5 Å². The third kappa shape index (κ3) is 3.05. The van der Waals surface area contributed by atoms with E-state index in [-0.39, 0.29) is 24.2 Å². The number of aliphatic hydroxyl groups excluding tert-OH is 1. The fraction of sp³-hybridized carbons (Fsp3) is 0.462. The summed E-state index contributed by atoms with van der Waals surface area (Å²) in [6, 6.07) is 4.55. The van der Waals surface area contributed by atoms with Crippen LogP contribution in [0.5, 0.6) is 0 Å². The van der Waals surface area contributed by atoms with Gasteiger partial charge in [-0.3, -0.25) is 14.9 Å². The number of nitro groups is 1. The van der Waals surface area contributed by atoms with Gasteiger partial charge in [-0.15, -0.1) is 0 Å². The number of carbonyl (C=O) groups excluding carboxylic acids is 1. The Morgan fingerprint density at radius 2 is 2.35 bits per heavy atom. The molecule has 0 aliphatic carbocycles. The molecule has 1 aliphatic heterocycles. The first kappa shape index (κ1) is 14.3. The third-order valence-corrected chi connectivity index (χ3v) is 3.38. The van der Waals surface area contributed by atoms with Crippen molar-refractivity contribution in [1.82, 2.24) is 5.32 Å². The zero-order valence-corrected chi connectivity index (χ0v) is 11.2. The monoisotopic (exact) mass is 279 g/mol. The van der Waals surface area contributed by atoms with Crippen LogP contribution in [0.3, 0.4) is 0 Å². The Morgan fingerprint density at radius 3 is 2.95 bits per heavy atom. The number of nitrogens with one attached hydrogen (secondary N) is 1. The van der Waals surface area contributed by atoms with Gasteiger partial charge in [0, 0.05) is 49.4 Å². The molecule has 2 N–H and O–H groups in total. The van der Waals surface area contributed by atoms with Crippen molar-refractivity contribution in [3.63, 3.8) is 0 Å². The number of amides is 1. The largest absolute Gasteiger partial charge is 0.392 e. The molecule has 0 spiro atoms. The smallest absolute Gasteiger partial charge is 0.269 e. The number of non-ortho nitro benzene ring substituents is 1. The summed E-state index contributed by atoms with van der Waals surface area (Å²) in [7, 11) is 0. The first-order valence-electron chi connectivity index (χ1n) is 6.41. The van der Waals surface area contributed by atoms with Crippen LogP contribution in [0.1, 0.15) is 18.9 Å². The molecule has 0 bridgehead atoms. The van der Waals surface area contributed by atoms with Gasteiger partial charge in [0.25, 0.3) is 5.69 Å². The maximum Gasteiger partial charge on any atom is 0.269 e. The fourth-order valence-corrected chi connectivity index (χ4v) is 2.50. The summed E-state index contributed by atoms with van der Waals surface area (Å²) in [5.41, 5.74) is 1.28. The topological polar surface area (TPSA) is 95.7 Å². The van der Waals surface area contributed by atoms with Gasteiger partial charge in [0.15, 0.2) is 0 Å². The van der Waals surface area contributed by atoms with Crippen LogP contribution in [0.2, 0.25) is 0 Å². The average molecular weight is 279 g/mol. The maximum atomic E-state index is 11.0. The lowest BCUT2D eigenvalue weighted by Crippen LogP contribution is -2.35. The predicted octanol–water partition coefficient (Wildman–Crippen LogP) is 0.802. The number of aliphatic hydroxyl groups is 1. The van der Waals surface area contributed by atoms with E-state index in [0.717, 1.165) is 18.7 Å². The van der Waals surface area contributed by atoms with Crippen molar-refractivity contribution in [2.75, 3.05) is 18.0 Å². The molecule has 1 heterocycles. The highest BCUT2D eigenvalue weighted by Crippen LogP contribution is 2.28. The Kier molecular flexibility index (Phi) is 4.19. The Morgan fingerprint density at radius 1 is 1.60 bits per heavy atom. The summed E-state index contributed by atoms with van der Waals surface area (Å²) in [4.78, 5) is 23.3. The van der Waals surface area contributed by atoms with Crippen molar-refractivity contribution in [2.24, 2.45) is 0 Å². The van der Waals surface area contributed by atoms with Crippen molar-refractivity contribution in [1.29, 1.82) is 0 Å². The summed E-state index contributed by atoms with van der Waals surface area (Å²) < 4.78 is 0. The van der Waals surface area contributed by atoms with E-state index in [4.69, 9.17) is 0 Å². The number of rotatable bonds is 4. The van der Waals surface area contributed by atoms with E-state index in [0.29, 0.717) is 12.1 Å². The first-order chi connectivity index (χ1) is 9.51. The minimum Gasteiger partial charge on any atom is -0.392 e. The van der Waals surface area contributed by atoms with Gasteiger partial charge in [0.2, 0.25) is 5.91 Å². The highest BCUT2D eigenvalue weighted by atomic mass is 16.6. The first-order valence-corrected chi connectivity index (χ1v) is 6.41. The molecule has 7 heteroatoms. The van der Waals surface area contributed by atoms with Gasteiger partial charge >= 0.3 is 0 Å². The van der Waals surface area contributed by atoms with Crippen LogP contribution in [0.15, 0.2) is 18.2 Å². The van der Waals surface area contributed by atoms with Crippen molar-refractivity contribution in [3.8, 4) is 0 Å². The molecule has 1 saturated heterocycles. The molecule has 1 aromatic rings. The summed E-state index contributed by atoms with van der Waals surface area (Å²) in [5, 5.41) is 23.0. The number of nitro benzene ring substituents is 1. The van der Waals surface area contributed by atoms with Crippen LogP contribution in [-0.2, 0) is 11.4 Å². The Hall–Kier alpha value is -2.15. The second kappa shape index (κ2) is 5.87. The molecule has 1 aliphatic rings. The van der Waals surface area contributed by atoms with E-state index < -0.39 is 4.92 Å². The molecule has 1 atom stereocenters. The van der Waals surface area contributed by atoms with Gasteiger partial charge in [-0.25, -0.2) is 0 Å². The molecule has 1 amide bonds. The predicted molar refractivity (Wildman–Crippen MR) is 73.5 cm³/mol. The van der Waals surface area contributed by atoms with Crippen LogP contribution in [0, 0.1) is 10.1 Å². The highest BCUT2D eigenvalue weighted by molar-refractivity contribution is 5.73. The van der Waals surface area contributed by atoms with Gasteiger partial charge in [-0.1, -0.05) is 0 Å². The Balaban J connectivity index is 2.17. The molecule has 1 unspecified atom stereocenters. The van der Waals surface area contributed by atoms with Crippen LogP contribution >= 0.6 is 0 Å². The van der Waals surface area contributed by atoms with Crippen LogP contribution in [0.25, 0.3) is 0 Å². The summed E-state index contributed by atoms with van der Waals surface area (Å²) in [6.07, 6.45) is 0.821. The van der Waals surface area contributed by atoms with E-state index in [1.54, 1.807) is 6.07 Å². The fourth-order valence-electron chi connectivity index (χ4n) is 2.50. The van der Waals surface area contributed by atoms with E-state index >= 15 is 0 Å². The van der Waals surface area contributed by atoms with Crippen molar-refractivity contribution >= 4 is 17.3 Å². The van der Waals surface area contributed by atoms with Gasteiger partial charge in [0.05, 0.1) is 11.5 Å². The number of hydrogen-bond donors (Lipinski definition) is 2. The zero-order valence-electron chi connectivity index (χ0n) is 11.2. The normalized spacial score (nSPS) is 18.1. The van der Waals surface area contributed by atoms with Crippen molar-refractivity contribution < 1.29 is 14.8 Å². The molecular formula is C13H17N3O4. The van der Waals surface area contributed by atoms with E-state index in [2.05, 4.69) is 5.32 Å². The van der Waals surface area contributed by atoms with Gasteiger partial charge in [0.1, 0.15) is 0 Å². The van der Waals surface area contributed by atoms with E-state index in [1.807, 2.05) is 4.90 Å². The second-order valence-corrected chi connectivity index (χ2v) is 4.86. The molecular weight excluding hydrogens is 262 g/mol. The standard InChI is InChI=1S/C13H17N3O4/c1-9(18)14-11-4-5-15(7-11)13-3-2-12(16(19)20)6-10(13)8-17/h2-3,6,11,17H,4-5,7-8H2,1H3,(H,14,18). The Bertz CT molecular complexity index is 532. The molecule has 2 rings (SSSR count). The summed E-state index contributed by atoms with van der Waals surface area (Å²) >= 11 is 0. The van der Waals surface area contributed by atoms with Crippen LogP contribution in [0.4, 0.5) is 11.4 Å². The molecule has 1 fully saturated rings. The third-order valence-electron chi connectivity index (χ3n) is 3.38. The molecule has 0 aromatic heterocycles. The maximum absolute atomic E-state index is 11.0. The van der Waals surface area contributed by atoms with Gasteiger partial charge in [-0.2, -0.15) is 0 Å². The Labute approximate surface area is 116 Å². The SMILES string of the molecule is CC(=O)NC1CCN(c2ccc([N+](=O)[O-])cc2CO)C1. The second-order valence-electron chi connectivity index (χ2n) is 4.86. The van der Waals surface area contributed by atoms with E-state index in [1.165, 1.54) is 19.1 Å². The lowest BCUT2D eigenvalue weighted by molar-refractivity contribution is -0.384. The molecule has 1 aromatic carbocycles. The minimum absolute atomic E-state index is 0.0320. The molecule has 20 heavy (non-hydrogen) atoms. The summed E-state index contributed by atoms with van der Waals surface area (Å²) in [5.74, 6) is -0.0667. The quantitative estimate of drug-likeness (QED) is 0.628. The molecule has 0 saturated carbocycles. The van der Waals surface area contributed by atoms with Gasteiger partial charge < -0.3 is 15.3 Å². The number of carbonyl (C=O) groups is 1. The molecule has 7 nitrogen and oxygen atoms in total. The number of anilines is 1. The minimum atomic E-state index is -0.479. The molecule has 0 radical (unpaired) electrons. The van der Waals surface area contributed by atoms with Crippen LogP contribution in [-0.4, -0.2) is 35.1 Å². The number of nitrogens with zero attached hydrogens (tertiary/aromatic N) is 2. The average Bonchev–Trinajstić information content (AvgIpc) is 2.85. The lowest BCUT2D eigenvalue weighted by Gasteiger charge is -2.21. The van der Waals surface area contributed by atoms with Crippen molar-refractivity contribution in [3.05, 3.63) is 33.9 Å². The zero-order chi connectivity index (χ0) is 14.7. The van der Waals surface area contributed by atoms with Crippen LogP contribution < -0.4 is 10.2 Å². The van der Waals surface area contributed by atoms with Crippen molar-refractivity contribution in [2.45, 2.75) is 26.0 Å². The lowest BCUT2D eigenvalue weighted by atomic mass is 10.1.